The molecule has 1 amide bonds. The predicted octanol–water partition coefficient (Wildman–Crippen LogP) is 1.53. The van der Waals surface area contributed by atoms with Gasteiger partial charge < -0.3 is 10.1 Å². The van der Waals surface area contributed by atoms with Gasteiger partial charge in [-0.2, -0.15) is 0 Å². The van der Waals surface area contributed by atoms with Gasteiger partial charge in [-0.25, -0.2) is 4.79 Å². The van der Waals surface area contributed by atoms with E-state index in [4.69, 9.17) is 11.2 Å². The van der Waals surface area contributed by atoms with Crippen molar-refractivity contribution in [1.29, 1.82) is 0 Å². The molecule has 0 saturated heterocycles. The number of amides is 1. The largest absolute Gasteiger partial charge is 0.449 e. The van der Waals surface area contributed by atoms with E-state index in [1.807, 2.05) is 20.8 Å². The van der Waals surface area contributed by atoms with Crippen molar-refractivity contribution in [3.63, 3.8) is 0 Å². The summed E-state index contributed by atoms with van der Waals surface area (Å²) in [6.07, 6.45) is 5.02. The van der Waals surface area contributed by atoms with Crippen molar-refractivity contribution >= 4 is 6.09 Å². The first-order valence-electron chi connectivity index (χ1n) is 3.84. The third-order valence-electron chi connectivity index (χ3n) is 0.957. The van der Waals surface area contributed by atoms with Crippen molar-refractivity contribution in [3.05, 3.63) is 0 Å². The molecule has 0 heterocycles. The van der Waals surface area contributed by atoms with E-state index >= 15 is 0 Å². The fraction of sp³-hybridized carbons (Fsp3) is 0.667. The first-order chi connectivity index (χ1) is 5.45. The van der Waals surface area contributed by atoms with Crippen LogP contribution in [0.15, 0.2) is 0 Å². The average Bonchev–Trinajstić information content (AvgIpc) is 1.84. The zero-order chi connectivity index (χ0) is 9.61. The topological polar surface area (TPSA) is 38.3 Å². The molecule has 0 aromatic heterocycles. The minimum Gasteiger partial charge on any atom is -0.449 e. The third kappa shape index (κ3) is 6.94. The smallest absolute Gasteiger partial charge is 0.407 e. The second-order valence-electron chi connectivity index (χ2n) is 3.47. The highest BCUT2D eigenvalue weighted by Crippen LogP contribution is 1.98. The van der Waals surface area contributed by atoms with Gasteiger partial charge in [0, 0.05) is 12.0 Å². The van der Waals surface area contributed by atoms with Crippen LogP contribution in [0.1, 0.15) is 27.2 Å². The van der Waals surface area contributed by atoms with Crippen LogP contribution < -0.4 is 5.32 Å². The van der Waals surface area contributed by atoms with E-state index in [9.17, 15) is 4.79 Å². The lowest BCUT2D eigenvalue weighted by molar-refractivity contribution is 0.140. The van der Waals surface area contributed by atoms with Crippen LogP contribution in [0.2, 0.25) is 0 Å². The Morgan fingerprint density at radius 1 is 1.58 bits per heavy atom. The molecule has 0 rings (SSSR count). The van der Waals surface area contributed by atoms with Gasteiger partial charge in [0.1, 0.15) is 6.61 Å². The molecule has 0 aromatic rings. The molecule has 3 nitrogen and oxygen atoms in total. The number of carbonyl (C=O) groups excluding carboxylic acids is 1. The van der Waals surface area contributed by atoms with E-state index in [-0.39, 0.29) is 12.1 Å². The van der Waals surface area contributed by atoms with Crippen LogP contribution in [0.3, 0.4) is 0 Å². The Hall–Kier alpha value is -1.17. The summed E-state index contributed by atoms with van der Waals surface area (Å²) < 4.78 is 4.77. The van der Waals surface area contributed by atoms with E-state index in [0.717, 1.165) is 0 Å². The summed E-state index contributed by atoms with van der Waals surface area (Å²) in [7, 11) is 0. The Morgan fingerprint density at radius 3 is 2.58 bits per heavy atom. The van der Waals surface area contributed by atoms with Gasteiger partial charge >= 0.3 is 6.09 Å². The van der Waals surface area contributed by atoms with Crippen LogP contribution in [-0.2, 0) is 4.74 Å². The van der Waals surface area contributed by atoms with Crippen molar-refractivity contribution in [2.24, 2.45) is 0 Å². The molecule has 0 radical (unpaired) electrons. The Balaban J connectivity index is 3.56. The van der Waals surface area contributed by atoms with E-state index in [2.05, 4.69) is 11.2 Å². The maximum Gasteiger partial charge on any atom is 0.407 e. The molecule has 68 valence electrons. The molecule has 0 atom stereocenters. The lowest BCUT2D eigenvalue weighted by atomic mass is 10.1. The van der Waals surface area contributed by atoms with Crippen LogP contribution in [-0.4, -0.2) is 18.2 Å². The number of alkyl carbamates (subject to hydrolysis) is 1. The van der Waals surface area contributed by atoms with Crippen LogP contribution >= 0.6 is 0 Å². The quantitative estimate of drug-likeness (QED) is 0.503. The number of ether oxygens (including phenoxy) is 1. The van der Waals surface area contributed by atoms with Crippen LogP contribution in [0.5, 0.6) is 0 Å². The van der Waals surface area contributed by atoms with E-state index in [1.54, 1.807) is 0 Å². The zero-order valence-electron chi connectivity index (χ0n) is 7.81. The molecule has 12 heavy (non-hydrogen) atoms. The van der Waals surface area contributed by atoms with Gasteiger partial charge in [-0.1, -0.05) is 0 Å². The molecule has 1 N–H and O–H groups in total. The van der Waals surface area contributed by atoms with Gasteiger partial charge in [0.2, 0.25) is 0 Å². The summed E-state index contributed by atoms with van der Waals surface area (Å²) in [5, 5.41) is 2.65. The highest BCUT2D eigenvalue weighted by Gasteiger charge is 2.13. The van der Waals surface area contributed by atoms with E-state index < -0.39 is 6.09 Å². The number of terminal acetylenes is 1. The van der Waals surface area contributed by atoms with Crippen molar-refractivity contribution in [3.8, 4) is 12.3 Å². The number of hydrogen-bond donors (Lipinski definition) is 1. The molecule has 0 aliphatic carbocycles. The van der Waals surface area contributed by atoms with Gasteiger partial charge in [0.05, 0.1) is 0 Å². The van der Waals surface area contributed by atoms with Crippen molar-refractivity contribution in [2.45, 2.75) is 32.7 Å². The highest BCUT2D eigenvalue weighted by atomic mass is 16.5. The Bertz CT molecular complexity index is 186. The van der Waals surface area contributed by atoms with Gasteiger partial charge in [0.15, 0.2) is 0 Å². The predicted molar refractivity (Wildman–Crippen MR) is 47.7 cm³/mol. The summed E-state index contributed by atoms with van der Waals surface area (Å²) in [6, 6.07) is 0. The first-order valence-corrected chi connectivity index (χ1v) is 3.84. The summed E-state index contributed by atoms with van der Waals surface area (Å²) in [4.78, 5) is 10.9. The molecular weight excluding hydrogens is 154 g/mol. The van der Waals surface area contributed by atoms with Crippen molar-refractivity contribution < 1.29 is 9.53 Å². The highest BCUT2D eigenvalue weighted by molar-refractivity contribution is 5.68. The summed E-state index contributed by atoms with van der Waals surface area (Å²) in [5.74, 6) is 2.38. The molecule has 0 aliphatic rings. The Kier molecular flexibility index (Phi) is 4.20. The zero-order valence-corrected chi connectivity index (χ0v) is 7.81. The lowest BCUT2D eigenvalue weighted by Crippen LogP contribution is -2.40. The number of carbonyl (C=O) groups is 1. The fourth-order valence-electron chi connectivity index (χ4n) is 0.545. The normalized spacial score (nSPS) is 10.2. The van der Waals surface area contributed by atoms with Gasteiger partial charge in [-0.3, -0.25) is 0 Å². The van der Waals surface area contributed by atoms with Gasteiger partial charge in [-0.15, -0.1) is 12.3 Å². The third-order valence-corrected chi connectivity index (χ3v) is 0.957. The van der Waals surface area contributed by atoms with Crippen LogP contribution in [0, 0.1) is 12.3 Å². The molecule has 0 saturated carbocycles. The second kappa shape index (κ2) is 4.66. The number of hydrogen-bond acceptors (Lipinski definition) is 2. The number of rotatable bonds is 2. The maximum absolute atomic E-state index is 10.9. The monoisotopic (exact) mass is 169 g/mol. The maximum atomic E-state index is 10.9. The lowest BCUT2D eigenvalue weighted by Gasteiger charge is -2.19. The minimum absolute atomic E-state index is 0.257. The van der Waals surface area contributed by atoms with Gasteiger partial charge in [0.25, 0.3) is 0 Å². The molecule has 0 aromatic carbocycles. The minimum atomic E-state index is -0.419. The molecule has 3 heteroatoms. The summed E-state index contributed by atoms with van der Waals surface area (Å²) >= 11 is 0. The standard InChI is InChI=1S/C9H15NO2/c1-5-6-7-12-8(11)10-9(2,3)4/h1H,6-7H2,2-4H3,(H,10,11). The van der Waals surface area contributed by atoms with Gasteiger partial charge in [-0.05, 0) is 20.8 Å². The first kappa shape index (κ1) is 10.8. The SMILES string of the molecule is C#CCCOC(=O)NC(C)(C)C. The van der Waals surface area contributed by atoms with Crippen molar-refractivity contribution in [2.75, 3.05) is 6.61 Å². The van der Waals surface area contributed by atoms with E-state index in [1.165, 1.54) is 0 Å². The van der Waals surface area contributed by atoms with Crippen LogP contribution in [0.4, 0.5) is 4.79 Å². The van der Waals surface area contributed by atoms with Crippen molar-refractivity contribution in [1.82, 2.24) is 5.32 Å². The molecule has 0 aliphatic heterocycles. The Labute approximate surface area is 73.5 Å². The summed E-state index contributed by atoms with van der Waals surface area (Å²) in [5.41, 5.74) is -0.257. The van der Waals surface area contributed by atoms with E-state index in [0.29, 0.717) is 6.42 Å². The fourth-order valence-corrected chi connectivity index (χ4v) is 0.545. The average molecular weight is 169 g/mol. The Morgan fingerprint density at radius 2 is 2.17 bits per heavy atom. The summed E-state index contributed by atoms with van der Waals surface area (Å²) in [6.45, 7) is 5.93. The molecule has 0 spiro atoms. The molecule has 0 bridgehead atoms. The van der Waals surface area contributed by atoms with Crippen LogP contribution in [0.25, 0.3) is 0 Å². The number of nitrogens with one attached hydrogen (secondary N) is 1. The molecule has 0 unspecified atom stereocenters. The molecular formula is C9H15NO2. The molecule has 0 fully saturated rings. The second-order valence-corrected chi connectivity index (χ2v) is 3.47.